The van der Waals surface area contributed by atoms with E-state index in [1.165, 1.54) is 27.8 Å². The minimum absolute atomic E-state index is 0.247. The van der Waals surface area contributed by atoms with E-state index in [0.717, 1.165) is 6.04 Å². The van der Waals surface area contributed by atoms with Gasteiger partial charge in [-0.25, -0.2) is 0 Å². The van der Waals surface area contributed by atoms with Gasteiger partial charge in [-0.3, -0.25) is 0 Å². The summed E-state index contributed by atoms with van der Waals surface area (Å²) < 4.78 is 12.5. The van der Waals surface area contributed by atoms with Crippen LogP contribution in [-0.4, -0.2) is 28.6 Å². The highest BCUT2D eigenvalue weighted by molar-refractivity contribution is 6.70. The first-order valence-electron chi connectivity index (χ1n) is 9.92. The standard InChI is InChI=1S/C25H28O2Si/c1-26-18-25(19-27-28(2,3)17-20-11-5-4-6-12-20)23-15-9-7-13-21(23)22-14-8-10-16-24(22)25/h4-16H,17-19H2,1-3H3. The van der Waals surface area contributed by atoms with Crippen LogP contribution < -0.4 is 0 Å². The largest absolute Gasteiger partial charge is 0.416 e. The molecule has 1 aliphatic carbocycles. The van der Waals surface area contributed by atoms with Gasteiger partial charge in [-0.05, 0) is 47.0 Å². The van der Waals surface area contributed by atoms with Gasteiger partial charge in [-0.15, -0.1) is 0 Å². The molecule has 0 aromatic heterocycles. The molecule has 0 N–H and O–H groups in total. The molecule has 0 saturated carbocycles. The summed E-state index contributed by atoms with van der Waals surface area (Å²) in [5.74, 6) is 0. The van der Waals surface area contributed by atoms with E-state index in [1.54, 1.807) is 7.11 Å². The summed E-state index contributed by atoms with van der Waals surface area (Å²) in [6.07, 6.45) is 0. The zero-order valence-electron chi connectivity index (χ0n) is 16.9. The molecule has 0 amide bonds. The van der Waals surface area contributed by atoms with Gasteiger partial charge in [-0.2, -0.15) is 0 Å². The van der Waals surface area contributed by atoms with Crippen molar-refractivity contribution in [2.45, 2.75) is 24.6 Å². The van der Waals surface area contributed by atoms with Crippen LogP contribution in [0.3, 0.4) is 0 Å². The van der Waals surface area contributed by atoms with E-state index >= 15 is 0 Å². The van der Waals surface area contributed by atoms with Gasteiger partial charge in [0, 0.05) is 13.7 Å². The van der Waals surface area contributed by atoms with E-state index in [9.17, 15) is 0 Å². The number of hydrogen-bond acceptors (Lipinski definition) is 2. The van der Waals surface area contributed by atoms with Crippen molar-refractivity contribution in [3.63, 3.8) is 0 Å². The van der Waals surface area contributed by atoms with E-state index in [2.05, 4.69) is 92.0 Å². The van der Waals surface area contributed by atoms with Crippen molar-refractivity contribution >= 4 is 8.32 Å². The molecule has 144 valence electrons. The van der Waals surface area contributed by atoms with Crippen molar-refractivity contribution in [3.8, 4) is 11.1 Å². The normalized spacial score (nSPS) is 14.5. The monoisotopic (exact) mass is 388 g/mol. The highest BCUT2D eigenvalue weighted by Crippen LogP contribution is 2.49. The van der Waals surface area contributed by atoms with Crippen LogP contribution in [0.1, 0.15) is 16.7 Å². The van der Waals surface area contributed by atoms with Gasteiger partial charge < -0.3 is 9.16 Å². The Morgan fingerprint density at radius 3 is 1.82 bits per heavy atom. The zero-order valence-corrected chi connectivity index (χ0v) is 17.9. The fraction of sp³-hybridized carbons (Fsp3) is 0.280. The number of ether oxygens (including phenoxy) is 1. The maximum atomic E-state index is 6.75. The molecular formula is C25H28O2Si. The molecule has 4 rings (SSSR count). The average molecular weight is 389 g/mol. The van der Waals surface area contributed by atoms with E-state index in [4.69, 9.17) is 9.16 Å². The van der Waals surface area contributed by atoms with E-state index in [-0.39, 0.29) is 5.41 Å². The van der Waals surface area contributed by atoms with Crippen LogP contribution >= 0.6 is 0 Å². The Labute approximate surface area is 169 Å². The molecule has 0 unspecified atom stereocenters. The van der Waals surface area contributed by atoms with Crippen LogP contribution in [0, 0.1) is 0 Å². The van der Waals surface area contributed by atoms with Crippen molar-refractivity contribution in [1.82, 2.24) is 0 Å². The Morgan fingerprint density at radius 1 is 0.714 bits per heavy atom. The lowest BCUT2D eigenvalue weighted by molar-refractivity contribution is 0.112. The first kappa shape index (κ1) is 19.1. The fourth-order valence-electron chi connectivity index (χ4n) is 4.47. The summed E-state index contributed by atoms with van der Waals surface area (Å²) in [6.45, 7) is 5.90. The summed E-state index contributed by atoms with van der Waals surface area (Å²) >= 11 is 0. The lowest BCUT2D eigenvalue weighted by atomic mass is 9.80. The van der Waals surface area contributed by atoms with E-state index < -0.39 is 8.32 Å². The second-order valence-electron chi connectivity index (χ2n) is 8.32. The topological polar surface area (TPSA) is 18.5 Å². The predicted molar refractivity (Wildman–Crippen MR) is 118 cm³/mol. The van der Waals surface area contributed by atoms with Gasteiger partial charge in [-0.1, -0.05) is 78.9 Å². The number of fused-ring (bicyclic) bond motifs is 3. The second-order valence-corrected chi connectivity index (χ2v) is 12.5. The van der Waals surface area contributed by atoms with Gasteiger partial charge >= 0.3 is 0 Å². The smallest absolute Gasteiger partial charge is 0.191 e. The number of hydrogen-bond donors (Lipinski definition) is 0. The maximum Gasteiger partial charge on any atom is 0.191 e. The third kappa shape index (κ3) is 3.46. The molecule has 2 nitrogen and oxygen atoms in total. The highest BCUT2D eigenvalue weighted by Gasteiger charge is 2.44. The molecule has 0 saturated heterocycles. The number of rotatable bonds is 7. The fourth-order valence-corrected chi connectivity index (χ4v) is 6.43. The summed E-state index contributed by atoms with van der Waals surface area (Å²) in [7, 11) is -0.0962. The Bertz CT molecular complexity index is 904. The summed E-state index contributed by atoms with van der Waals surface area (Å²) in [5.41, 5.74) is 6.36. The zero-order chi connectivity index (χ0) is 19.6. The van der Waals surface area contributed by atoms with Crippen LogP contribution in [0.15, 0.2) is 78.9 Å². The van der Waals surface area contributed by atoms with Crippen LogP contribution in [0.5, 0.6) is 0 Å². The number of methoxy groups -OCH3 is 1. The van der Waals surface area contributed by atoms with Gasteiger partial charge in [0.15, 0.2) is 8.32 Å². The van der Waals surface area contributed by atoms with Crippen molar-refractivity contribution < 1.29 is 9.16 Å². The highest BCUT2D eigenvalue weighted by atomic mass is 28.4. The average Bonchev–Trinajstić information content (AvgIpc) is 2.98. The maximum absolute atomic E-state index is 6.75. The molecule has 0 spiro atoms. The molecule has 0 heterocycles. The van der Waals surface area contributed by atoms with E-state index in [1.807, 2.05) is 0 Å². The Hall–Kier alpha value is -2.20. The molecule has 3 aromatic rings. The third-order valence-electron chi connectivity index (χ3n) is 5.75. The van der Waals surface area contributed by atoms with Crippen molar-refractivity contribution in [3.05, 3.63) is 95.6 Å². The Kier molecular flexibility index (Phi) is 5.24. The Balaban J connectivity index is 1.67. The molecule has 0 fully saturated rings. The quantitative estimate of drug-likeness (QED) is 0.490. The molecule has 0 bridgehead atoms. The summed E-state index contributed by atoms with van der Waals surface area (Å²) in [6, 6.07) is 29.1. The molecule has 0 aliphatic heterocycles. The lowest BCUT2D eigenvalue weighted by Crippen LogP contribution is -2.43. The lowest BCUT2D eigenvalue weighted by Gasteiger charge is -2.35. The summed E-state index contributed by atoms with van der Waals surface area (Å²) in [5, 5.41) is 0. The molecule has 0 atom stereocenters. The van der Waals surface area contributed by atoms with Crippen molar-refractivity contribution in [1.29, 1.82) is 0 Å². The van der Waals surface area contributed by atoms with Gasteiger partial charge in [0.2, 0.25) is 0 Å². The molecule has 3 heteroatoms. The van der Waals surface area contributed by atoms with Crippen LogP contribution in [0.4, 0.5) is 0 Å². The summed E-state index contributed by atoms with van der Waals surface area (Å²) in [4.78, 5) is 0. The van der Waals surface area contributed by atoms with Gasteiger partial charge in [0.1, 0.15) is 0 Å². The SMILES string of the molecule is COCC1(CO[Si](C)(C)Cc2ccccc2)c2ccccc2-c2ccccc21. The Morgan fingerprint density at radius 2 is 1.25 bits per heavy atom. The van der Waals surface area contributed by atoms with Gasteiger partial charge in [0.25, 0.3) is 0 Å². The first-order valence-corrected chi connectivity index (χ1v) is 13.0. The first-order chi connectivity index (χ1) is 13.6. The third-order valence-corrected chi connectivity index (χ3v) is 7.93. The van der Waals surface area contributed by atoms with Crippen molar-refractivity contribution in [2.24, 2.45) is 0 Å². The molecule has 3 aromatic carbocycles. The molecule has 0 radical (unpaired) electrons. The second kappa shape index (κ2) is 7.67. The van der Waals surface area contributed by atoms with Gasteiger partial charge in [0.05, 0.1) is 12.0 Å². The van der Waals surface area contributed by atoms with Crippen LogP contribution in [0.2, 0.25) is 13.1 Å². The predicted octanol–water partition coefficient (Wildman–Crippen LogP) is 5.60. The minimum Gasteiger partial charge on any atom is -0.416 e. The molecular weight excluding hydrogens is 360 g/mol. The molecule has 28 heavy (non-hydrogen) atoms. The molecule has 1 aliphatic rings. The van der Waals surface area contributed by atoms with Crippen LogP contribution in [-0.2, 0) is 20.6 Å². The van der Waals surface area contributed by atoms with Crippen molar-refractivity contribution in [2.75, 3.05) is 20.3 Å². The number of benzene rings is 3. The van der Waals surface area contributed by atoms with Crippen LogP contribution in [0.25, 0.3) is 11.1 Å². The van der Waals surface area contributed by atoms with E-state index in [0.29, 0.717) is 13.2 Å². The minimum atomic E-state index is -1.89.